The minimum Gasteiger partial charge on any atom is -0.432 e. The Bertz CT molecular complexity index is 334. The highest BCUT2D eigenvalue weighted by atomic mass is 16.8. The van der Waals surface area contributed by atoms with Crippen LogP contribution in [0.1, 0.15) is 0 Å². The molecule has 2 heterocycles. The Balaban J connectivity index is 1.47. The van der Waals surface area contributed by atoms with Gasteiger partial charge in [-0.15, -0.1) is 0 Å². The van der Waals surface area contributed by atoms with Crippen LogP contribution >= 0.6 is 0 Å². The van der Waals surface area contributed by atoms with Crippen molar-refractivity contribution in [2.24, 2.45) is 0 Å². The quantitative estimate of drug-likeness (QED) is 0.490. The first-order valence-electron chi connectivity index (χ1n) is 7.85. The summed E-state index contributed by atoms with van der Waals surface area (Å²) in [6.45, 7) is 7.46. The third-order valence-electron chi connectivity index (χ3n) is 3.63. The SMILES string of the molecule is O=C(OCCN1CCOCC1)OC(=O)OCCN1CCOCC1. The van der Waals surface area contributed by atoms with Gasteiger partial charge in [-0.05, 0) is 0 Å². The number of carbonyl (C=O) groups excluding carboxylic acids is 2. The van der Waals surface area contributed by atoms with Gasteiger partial charge < -0.3 is 23.7 Å². The zero-order valence-corrected chi connectivity index (χ0v) is 13.2. The van der Waals surface area contributed by atoms with E-state index in [0.717, 1.165) is 26.2 Å². The van der Waals surface area contributed by atoms with E-state index >= 15 is 0 Å². The van der Waals surface area contributed by atoms with E-state index in [1.54, 1.807) is 0 Å². The molecule has 0 N–H and O–H groups in total. The second-order valence-electron chi connectivity index (χ2n) is 5.21. The normalized spacial score (nSPS) is 20.0. The minimum atomic E-state index is -1.03. The Labute approximate surface area is 135 Å². The van der Waals surface area contributed by atoms with E-state index in [4.69, 9.17) is 18.9 Å². The molecule has 0 aromatic heterocycles. The maximum atomic E-state index is 11.3. The first-order valence-corrected chi connectivity index (χ1v) is 7.85. The van der Waals surface area contributed by atoms with Crippen molar-refractivity contribution in [2.75, 3.05) is 78.9 Å². The smallest absolute Gasteiger partial charge is 0.432 e. The van der Waals surface area contributed by atoms with Crippen LogP contribution in [-0.4, -0.2) is 101 Å². The van der Waals surface area contributed by atoms with Gasteiger partial charge in [-0.3, -0.25) is 9.80 Å². The maximum absolute atomic E-state index is 11.3. The number of rotatable bonds is 6. The molecule has 0 saturated carbocycles. The molecule has 0 aromatic rings. The molecule has 0 radical (unpaired) electrons. The van der Waals surface area contributed by atoms with Crippen molar-refractivity contribution in [3.05, 3.63) is 0 Å². The lowest BCUT2D eigenvalue weighted by molar-refractivity contribution is 0.00643. The van der Waals surface area contributed by atoms with E-state index in [-0.39, 0.29) is 13.2 Å². The van der Waals surface area contributed by atoms with Crippen LogP contribution < -0.4 is 0 Å². The molecule has 9 heteroatoms. The van der Waals surface area contributed by atoms with Gasteiger partial charge in [0.05, 0.1) is 26.4 Å². The van der Waals surface area contributed by atoms with Gasteiger partial charge >= 0.3 is 12.3 Å². The van der Waals surface area contributed by atoms with Gasteiger partial charge in [-0.1, -0.05) is 0 Å². The highest BCUT2D eigenvalue weighted by Gasteiger charge is 2.16. The van der Waals surface area contributed by atoms with E-state index in [1.807, 2.05) is 0 Å². The van der Waals surface area contributed by atoms with Gasteiger partial charge in [0.25, 0.3) is 0 Å². The standard InChI is InChI=1S/C14H24N2O7/c17-13(21-11-5-15-1-7-19-8-2-15)23-14(18)22-12-6-16-3-9-20-10-4-16/h1-12H2. The summed E-state index contributed by atoms with van der Waals surface area (Å²) in [4.78, 5) is 26.9. The molecule has 0 unspecified atom stereocenters. The summed E-state index contributed by atoms with van der Waals surface area (Å²) in [6, 6.07) is 0. The largest absolute Gasteiger partial charge is 0.518 e. The number of ether oxygens (including phenoxy) is 5. The van der Waals surface area contributed by atoms with Crippen LogP contribution in [0.5, 0.6) is 0 Å². The summed E-state index contributed by atoms with van der Waals surface area (Å²) in [5, 5.41) is 0. The van der Waals surface area contributed by atoms with E-state index in [9.17, 15) is 9.59 Å². The predicted molar refractivity (Wildman–Crippen MR) is 78.3 cm³/mol. The summed E-state index contributed by atoms with van der Waals surface area (Å²) < 4.78 is 24.5. The molecule has 0 atom stereocenters. The van der Waals surface area contributed by atoms with Crippen LogP contribution in [0.25, 0.3) is 0 Å². The molecule has 2 rings (SSSR count). The van der Waals surface area contributed by atoms with Crippen molar-refractivity contribution in [3.8, 4) is 0 Å². The molecule has 0 bridgehead atoms. The molecule has 132 valence electrons. The third kappa shape index (κ3) is 7.60. The van der Waals surface area contributed by atoms with E-state index in [0.29, 0.717) is 39.5 Å². The third-order valence-corrected chi connectivity index (χ3v) is 3.63. The lowest BCUT2D eigenvalue weighted by Gasteiger charge is -2.26. The van der Waals surface area contributed by atoms with Crippen molar-refractivity contribution < 1.29 is 33.3 Å². The van der Waals surface area contributed by atoms with Gasteiger partial charge in [0, 0.05) is 39.3 Å². The molecule has 0 spiro atoms. The molecule has 0 aromatic carbocycles. The van der Waals surface area contributed by atoms with Crippen molar-refractivity contribution in [3.63, 3.8) is 0 Å². The molecule has 0 amide bonds. The maximum Gasteiger partial charge on any atom is 0.518 e. The number of hydrogen-bond acceptors (Lipinski definition) is 9. The Morgan fingerprint density at radius 1 is 0.739 bits per heavy atom. The Kier molecular flexibility index (Phi) is 8.08. The Morgan fingerprint density at radius 3 is 1.52 bits per heavy atom. The van der Waals surface area contributed by atoms with Crippen molar-refractivity contribution in [1.29, 1.82) is 0 Å². The van der Waals surface area contributed by atoms with Crippen LogP contribution in [-0.2, 0) is 23.7 Å². The first-order chi connectivity index (χ1) is 11.2. The zero-order chi connectivity index (χ0) is 16.3. The molecular formula is C14H24N2O7. The fourth-order valence-electron chi connectivity index (χ4n) is 2.29. The van der Waals surface area contributed by atoms with Crippen molar-refractivity contribution in [2.45, 2.75) is 0 Å². The second kappa shape index (κ2) is 10.4. The van der Waals surface area contributed by atoms with Crippen LogP contribution in [0.3, 0.4) is 0 Å². The van der Waals surface area contributed by atoms with Gasteiger partial charge in [0.2, 0.25) is 0 Å². The summed E-state index contributed by atoms with van der Waals surface area (Å²) in [5.41, 5.74) is 0. The number of morpholine rings is 2. The van der Waals surface area contributed by atoms with Crippen molar-refractivity contribution >= 4 is 12.3 Å². The van der Waals surface area contributed by atoms with Crippen LogP contribution in [0, 0.1) is 0 Å². The molecule has 2 saturated heterocycles. The molecule has 2 aliphatic heterocycles. The lowest BCUT2D eigenvalue weighted by Crippen LogP contribution is -2.39. The molecule has 9 nitrogen and oxygen atoms in total. The van der Waals surface area contributed by atoms with Gasteiger partial charge in [-0.2, -0.15) is 0 Å². The summed E-state index contributed by atoms with van der Waals surface area (Å²) >= 11 is 0. The van der Waals surface area contributed by atoms with E-state index in [2.05, 4.69) is 14.5 Å². The number of nitrogens with zero attached hydrogens (tertiary/aromatic N) is 2. The van der Waals surface area contributed by atoms with E-state index in [1.165, 1.54) is 0 Å². The van der Waals surface area contributed by atoms with Crippen molar-refractivity contribution in [1.82, 2.24) is 9.80 Å². The first kappa shape index (κ1) is 17.9. The fourth-order valence-corrected chi connectivity index (χ4v) is 2.29. The summed E-state index contributed by atoms with van der Waals surface area (Å²) in [6.07, 6.45) is -2.07. The lowest BCUT2D eigenvalue weighted by atomic mass is 10.4. The number of hydrogen-bond donors (Lipinski definition) is 0. The molecular weight excluding hydrogens is 308 g/mol. The molecule has 2 aliphatic rings. The summed E-state index contributed by atoms with van der Waals surface area (Å²) in [5.74, 6) is 0. The van der Waals surface area contributed by atoms with E-state index < -0.39 is 12.3 Å². The number of carbonyl (C=O) groups is 2. The minimum absolute atomic E-state index is 0.167. The van der Waals surface area contributed by atoms with Gasteiger partial charge in [0.1, 0.15) is 13.2 Å². The zero-order valence-electron chi connectivity index (χ0n) is 13.2. The topological polar surface area (TPSA) is 86.8 Å². The predicted octanol–water partition coefficient (Wildman–Crippen LogP) is -0.0594. The second-order valence-corrected chi connectivity index (χ2v) is 5.21. The van der Waals surface area contributed by atoms with Gasteiger partial charge in [0.15, 0.2) is 0 Å². The van der Waals surface area contributed by atoms with Gasteiger partial charge in [-0.25, -0.2) is 9.59 Å². The Hall–Kier alpha value is -1.42. The Morgan fingerprint density at radius 2 is 1.13 bits per heavy atom. The fraction of sp³-hybridized carbons (Fsp3) is 0.857. The highest BCUT2D eigenvalue weighted by molar-refractivity contribution is 5.76. The highest BCUT2D eigenvalue weighted by Crippen LogP contribution is 1.99. The monoisotopic (exact) mass is 332 g/mol. The average molecular weight is 332 g/mol. The molecule has 23 heavy (non-hydrogen) atoms. The average Bonchev–Trinajstić information content (AvgIpc) is 2.57. The molecule has 0 aliphatic carbocycles. The molecule has 2 fully saturated rings. The van der Waals surface area contributed by atoms with Crippen LogP contribution in [0.4, 0.5) is 9.59 Å². The van der Waals surface area contributed by atoms with Crippen LogP contribution in [0.15, 0.2) is 0 Å². The summed E-state index contributed by atoms with van der Waals surface area (Å²) in [7, 11) is 0. The van der Waals surface area contributed by atoms with Crippen LogP contribution in [0.2, 0.25) is 0 Å².